The number of halogens is 1. The molecular formula is C13H20BrN3S. The third kappa shape index (κ3) is 5.78. The van der Waals surface area contributed by atoms with Crippen LogP contribution in [0.4, 0.5) is 0 Å². The first-order valence-corrected chi connectivity index (χ1v) is 7.52. The van der Waals surface area contributed by atoms with Crippen molar-refractivity contribution in [2.75, 3.05) is 13.1 Å². The van der Waals surface area contributed by atoms with Crippen LogP contribution in [0.3, 0.4) is 0 Å². The standard InChI is InChI=1S/C13H20BrN3S/c1-4-16-12(15)17-9-13(2,3)18-11-7-5-10(14)6-8-11/h5-8H,4,9H2,1-3H3,(H3,15,16,17). The first-order chi connectivity index (χ1) is 8.43. The van der Waals surface area contributed by atoms with E-state index in [1.165, 1.54) is 4.90 Å². The number of aliphatic imine (C=N–C) groups is 1. The van der Waals surface area contributed by atoms with Gasteiger partial charge in [0.2, 0.25) is 0 Å². The van der Waals surface area contributed by atoms with Crippen molar-refractivity contribution in [1.29, 1.82) is 0 Å². The summed E-state index contributed by atoms with van der Waals surface area (Å²) < 4.78 is 1.12. The molecule has 0 fully saturated rings. The van der Waals surface area contributed by atoms with Crippen LogP contribution in [0.25, 0.3) is 0 Å². The fourth-order valence-electron chi connectivity index (χ4n) is 1.37. The van der Waals surface area contributed by atoms with Crippen LogP contribution >= 0.6 is 27.7 Å². The minimum absolute atomic E-state index is 0.0217. The van der Waals surface area contributed by atoms with Gasteiger partial charge in [-0.15, -0.1) is 11.8 Å². The summed E-state index contributed by atoms with van der Waals surface area (Å²) in [4.78, 5) is 5.59. The number of hydrogen-bond donors (Lipinski definition) is 2. The fraction of sp³-hybridized carbons (Fsp3) is 0.462. The van der Waals surface area contributed by atoms with Crippen LogP contribution in [-0.4, -0.2) is 23.8 Å². The van der Waals surface area contributed by atoms with Gasteiger partial charge in [0.1, 0.15) is 0 Å². The van der Waals surface area contributed by atoms with E-state index in [9.17, 15) is 0 Å². The van der Waals surface area contributed by atoms with Gasteiger partial charge in [0.15, 0.2) is 5.96 Å². The molecule has 0 bridgehead atoms. The maximum Gasteiger partial charge on any atom is 0.188 e. The summed E-state index contributed by atoms with van der Waals surface area (Å²) in [5.74, 6) is 0.516. The second-order valence-corrected chi connectivity index (χ2v) is 7.24. The van der Waals surface area contributed by atoms with Crippen LogP contribution in [0.1, 0.15) is 20.8 Å². The van der Waals surface area contributed by atoms with E-state index in [-0.39, 0.29) is 4.75 Å². The largest absolute Gasteiger partial charge is 0.370 e. The molecule has 0 aromatic heterocycles. The molecule has 0 saturated carbocycles. The number of thioether (sulfide) groups is 1. The van der Waals surface area contributed by atoms with Gasteiger partial charge in [-0.2, -0.15) is 0 Å². The summed E-state index contributed by atoms with van der Waals surface area (Å²) >= 11 is 5.24. The van der Waals surface area contributed by atoms with Gasteiger partial charge in [-0.3, -0.25) is 4.99 Å². The van der Waals surface area contributed by atoms with Gasteiger partial charge >= 0.3 is 0 Å². The zero-order valence-corrected chi connectivity index (χ0v) is 13.4. The first-order valence-electron chi connectivity index (χ1n) is 5.91. The molecule has 0 aliphatic heterocycles. The number of nitrogens with two attached hydrogens (primary N) is 1. The molecule has 18 heavy (non-hydrogen) atoms. The van der Waals surface area contributed by atoms with E-state index in [4.69, 9.17) is 5.73 Å². The average Bonchev–Trinajstić information content (AvgIpc) is 2.30. The Balaban J connectivity index is 2.58. The molecule has 100 valence electrons. The molecule has 1 aromatic rings. The fourth-order valence-corrected chi connectivity index (χ4v) is 2.67. The van der Waals surface area contributed by atoms with Crippen LogP contribution in [0, 0.1) is 0 Å². The Labute approximate surface area is 122 Å². The highest BCUT2D eigenvalue weighted by Gasteiger charge is 2.19. The minimum Gasteiger partial charge on any atom is -0.370 e. The Morgan fingerprint density at radius 3 is 2.56 bits per heavy atom. The number of guanidine groups is 1. The van der Waals surface area contributed by atoms with Gasteiger partial charge in [-0.25, -0.2) is 0 Å². The molecule has 0 radical (unpaired) electrons. The zero-order valence-electron chi connectivity index (χ0n) is 11.0. The Morgan fingerprint density at radius 2 is 2.00 bits per heavy atom. The van der Waals surface area contributed by atoms with Crippen LogP contribution in [-0.2, 0) is 0 Å². The number of benzene rings is 1. The van der Waals surface area contributed by atoms with Crippen molar-refractivity contribution < 1.29 is 0 Å². The van der Waals surface area contributed by atoms with Crippen LogP contribution in [0.2, 0.25) is 0 Å². The normalized spacial score (nSPS) is 12.6. The van der Waals surface area contributed by atoms with E-state index < -0.39 is 0 Å². The smallest absolute Gasteiger partial charge is 0.188 e. The Bertz CT molecular complexity index is 401. The number of rotatable bonds is 5. The van der Waals surface area contributed by atoms with Gasteiger partial charge in [-0.05, 0) is 45.0 Å². The SMILES string of the molecule is CCNC(N)=NCC(C)(C)Sc1ccc(Br)cc1. The molecule has 0 atom stereocenters. The van der Waals surface area contributed by atoms with Crippen molar-refractivity contribution in [1.82, 2.24) is 5.32 Å². The lowest BCUT2D eigenvalue weighted by Gasteiger charge is -2.22. The third-order valence-corrected chi connectivity index (χ3v) is 3.91. The van der Waals surface area contributed by atoms with Gasteiger partial charge < -0.3 is 11.1 Å². The van der Waals surface area contributed by atoms with Gasteiger partial charge in [0.25, 0.3) is 0 Å². The van der Waals surface area contributed by atoms with E-state index in [2.05, 4.69) is 64.4 Å². The molecule has 0 saturated heterocycles. The summed E-state index contributed by atoms with van der Waals surface area (Å²) in [5.41, 5.74) is 5.73. The predicted molar refractivity (Wildman–Crippen MR) is 84.2 cm³/mol. The molecule has 0 unspecified atom stereocenters. The third-order valence-electron chi connectivity index (χ3n) is 2.20. The van der Waals surface area contributed by atoms with Crippen molar-refractivity contribution >= 4 is 33.7 Å². The molecule has 3 nitrogen and oxygen atoms in total. The lowest BCUT2D eigenvalue weighted by atomic mass is 10.2. The second kappa shape index (κ2) is 7.04. The molecule has 5 heteroatoms. The molecule has 1 rings (SSSR count). The molecule has 0 aliphatic rings. The molecule has 1 aromatic carbocycles. The van der Waals surface area contributed by atoms with Crippen LogP contribution in [0.5, 0.6) is 0 Å². The lowest BCUT2D eigenvalue weighted by Crippen LogP contribution is -2.33. The highest BCUT2D eigenvalue weighted by atomic mass is 79.9. The van der Waals surface area contributed by atoms with E-state index in [1.807, 2.05) is 6.92 Å². The molecule has 0 heterocycles. The average molecular weight is 330 g/mol. The van der Waals surface area contributed by atoms with Crippen molar-refractivity contribution in [2.24, 2.45) is 10.7 Å². The molecule has 0 spiro atoms. The maximum absolute atomic E-state index is 5.73. The van der Waals surface area contributed by atoms with Gasteiger partial charge in [0, 0.05) is 20.7 Å². The second-order valence-electron chi connectivity index (χ2n) is 4.55. The number of nitrogens with one attached hydrogen (secondary N) is 1. The van der Waals surface area contributed by atoms with Gasteiger partial charge in [-0.1, -0.05) is 15.9 Å². The minimum atomic E-state index is 0.0217. The first kappa shape index (κ1) is 15.4. The maximum atomic E-state index is 5.73. The highest BCUT2D eigenvalue weighted by Crippen LogP contribution is 2.33. The van der Waals surface area contributed by atoms with Crippen molar-refractivity contribution in [3.8, 4) is 0 Å². The summed E-state index contributed by atoms with van der Waals surface area (Å²) in [6, 6.07) is 8.31. The number of nitrogens with zero attached hydrogens (tertiary/aromatic N) is 1. The van der Waals surface area contributed by atoms with E-state index in [0.717, 1.165) is 11.0 Å². The quantitative estimate of drug-likeness (QED) is 0.495. The Hall–Kier alpha value is -0.680. The summed E-state index contributed by atoms with van der Waals surface area (Å²) in [6.07, 6.45) is 0. The van der Waals surface area contributed by atoms with Crippen LogP contribution < -0.4 is 11.1 Å². The van der Waals surface area contributed by atoms with Crippen LogP contribution in [0.15, 0.2) is 38.6 Å². The zero-order chi connectivity index (χ0) is 13.6. The summed E-state index contributed by atoms with van der Waals surface area (Å²) in [6.45, 7) is 7.83. The Morgan fingerprint density at radius 1 is 1.39 bits per heavy atom. The van der Waals surface area contributed by atoms with E-state index in [0.29, 0.717) is 12.5 Å². The van der Waals surface area contributed by atoms with E-state index in [1.54, 1.807) is 11.8 Å². The molecular weight excluding hydrogens is 310 g/mol. The monoisotopic (exact) mass is 329 g/mol. The van der Waals surface area contributed by atoms with Crippen molar-refractivity contribution in [3.05, 3.63) is 28.7 Å². The highest BCUT2D eigenvalue weighted by molar-refractivity contribution is 9.10. The Kier molecular flexibility index (Phi) is 6.02. The van der Waals surface area contributed by atoms with Gasteiger partial charge in [0.05, 0.1) is 6.54 Å². The summed E-state index contributed by atoms with van der Waals surface area (Å²) in [5, 5.41) is 3.00. The summed E-state index contributed by atoms with van der Waals surface area (Å²) in [7, 11) is 0. The molecule has 3 N–H and O–H groups in total. The lowest BCUT2D eigenvalue weighted by molar-refractivity contribution is 0.718. The van der Waals surface area contributed by atoms with Crippen molar-refractivity contribution in [2.45, 2.75) is 30.4 Å². The molecule has 0 amide bonds. The molecule has 0 aliphatic carbocycles. The van der Waals surface area contributed by atoms with Crippen molar-refractivity contribution in [3.63, 3.8) is 0 Å². The van der Waals surface area contributed by atoms with E-state index >= 15 is 0 Å². The number of hydrogen-bond acceptors (Lipinski definition) is 2. The predicted octanol–water partition coefficient (Wildman–Crippen LogP) is 3.24. The topological polar surface area (TPSA) is 50.4 Å².